The van der Waals surface area contributed by atoms with Crippen molar-refractivity contribution in [3.63, 3.8) is 0 Å². The second-order valence-electron chi connectivity index (χ2n) is 9.67. The van der Waals surface area contributed by atoms with E-state index in [1.54, 1.807) is 0 Å². The Bertz CT molecular complexity index is 551. The van der Waals surface area contributed by atoms with Crippen molar-refractivity contribution in [1.82, 2.24) is 0 Å². The van der Waals surface area contributed by atoms with Gasteiger partial charge in [0.15, 0.2) is 0 Å². The van der Waals surface area contributed by atoms with Crippen molar-refractivity contribution in [2.24, 2.45) is 17.6 Å². The van der Waals surface area contributed by atoms with Gasteiger partial charge < -0.3 is 15.2 Å². The highest BCUT2D eigenvalue weighted by Gasteiger charge is 2.42. The summed E-state index contributed by atoms with van der Waals surface area (Å²) < 4.78 is 10.2. The van der Waals surface area contributed by atoms with Crippen LogP contribution in [0.5, 0.6) is 0 Å². The SMILES string of the molecule is CCCCCCCCCCCCCCCCCC[C@@H](C(N)=O)C(=O)OC[C@H]1OC(=O)[C@H]1CC. The Hall–Kier alpha value is -1.59. The summed E-state index contributed by atoms with van der Waals surface area (Å²) in [7, 11) is 0. The quantitative estimate of drug-likeness (QED) is 0.116. The minimum atomic E-state index is -0.910. The van der Waals surface area contributed by atoms with Gasteiger partial charge in [-0.15, -0.1) is 0 Å². The topological polar surface area (TPSA) is 95.7 Å². The predicted octanol–water partition coefficient (Wildman–Crippen LogP) is 6.23. The number of hydrogen-bond donors (Lipinski definition) is 1. The van der Waals surface area contributed by atoms with Gasteiger partial charge in [-0.3, -0.25) is 14.4 Å². The van der Waals surface area contributed by atoms with E-state index in [0.29, 0.717) is 12.8 Å². The van der Waals surface area contributed by atoms with E-state index in [1.807, 2.05) is 6.92 Å². The van der Waals surface area contributed by atoms with Crippen LogP contribution in [0, 0.1) is 11.8 Å². The molecule has 1 saturated heterocycles. The summed E-state index contributed by atoms with van der Waals surface area (Å²) in [6, 6.07) is 0. The molecule has 0 unspecified atom stereocenters. The average molecular weight is 468 g/mol. The van der Waals surface area contributed by atoms with Crippen molar-refractivity contribution < 1.29 is 23.9 Å². The molecule has 0 radical (unpaired) electrons. The van der Waals surface area contributed by atoms with Crippen molar-refractivity contribution in [2.45, 2.75) is 136 Å². The number of carbonyl (C=O) groups excluding carboxylic acids is 3. The molecule has 1 aliphatic heterocycles. The predicted molar refractivity (Wildman–Crippen MR) is 131 cm³/mol. The number of cyclic esters (lactones) is 1. The van der Waals surface area contributed by atoms with Crippen LogP contribution in [0.1, 0.15) is 129 Å². The molecule has 6 nitrogen and oxygen atoms in total. The lowest BCUT2D eigenvalue weighted by atomic mass is 9.95. The van der Waals surface area contributed by atoms with Gasteiger partial charge in [0.05, 0.1) is 5.92 Å². The molecule has 1 fully saturated rings. The number of ether oxygens (including phenoxy) is 2. The van der Waals surface area contributed by atoms with E-state index < -0.39 is 23.9 Å². The molecule has 0 bridgehead atoms. The number of amides is 1. The first-order valence-electron chi connectivity index (χ1n) is 13.7. The first-order valence-corrected chi connectivity index (χ1v) is 13.7. The Morgan fingerprint density at radius 2 is 1.27 bits per heavy atom. The van der Waals surface area contributed by atoms with Crippen LogP contribution in [0.3, 0.4) is 0 Å². The van der Waals surface area contributed by atoms with Crippen molar-refractivity contribution in [3.8, 4) is 0 Å². The normalized spacial score (nSPS) is 18.4. The van der Waals surface area contributed by atoms with E-state index in [1.165, 1.54) is 83.5 Å². The van der Waals surface area contributed by atoms with Crippen LogP contribution >= 0.6 is 0 Å². The molecule has 0 spiro atoms. The van der Waals surface area contributed by atoms with Crippen molar-refractivity contribution in [2.75, 3.05) is 6.61 Å². The Kier molecular flexibility index (Phi) is 16.8. The number of nitrogens with two attached hydrogens (primary N) is 1. The van der Waals surface area contributed by atoms with Crippen molar-refractivity contribution >= 4 is 17.8 Å². The highest BCUT2D eigenvalue weighted by molar-refractivity contribution is 5.96. The lowest BCUT2D eigenvalue weighted by Crippen LogP contribution is -2.48. The summed E-state index contributed by atoms with van der Waals surface area (Å²) in [5, 5.41) is 0. The number of carbonyl (C=O) groups is 3. The van der Waals surface area contributed by atoms with Gasteiger partial charge in [-0.2, -0.15) is 0 Å². The summed E-state index contributed by atoms with van der Waals surface area (Å²) in [4.78, 5) is 35.2. The minimum absolute atomic E-state index is 0.00577. The fourth-order valence-electron chi connectivity index (χ4n) is 4.52. The van der Waals surface area contributed by atoms with E-state index in [2.05, 4.69) is 6.92 Å². The van der Waals surface area contributed by atoms with Crippen LogP contribution in [-0.4, -0.2) is 30.6 Å². The van der Waals surface area contributed by atoms with Crippen molar-refractivity contribution in [3.05, 3.63) is 0 Å². The molecule has 0 aromatic heterocycles. The monoisotopic (exact) mass is 467 g/mol. The van der Waals surface area contributed by atoms with Gasteiger partial charge in [0.2, 0.25) is 5.91 Å². The molecule has 0 aromatic rings. The zero-order chi connectivity index (χ0) is 24.3. The molecule has 1 aliphatic rings. The van der Waals surface area contributed by atoms with E-state index in [4.69, 9.17) is 15.2 Å². The van der Waals surface area contributed by atoms with Crippen molar-refractivity contribution in [1.29, 1.82) is 0 Å². The molecule has 6 heteroatoms. The third-order valence-corrected chi connectivity index (χ3v) is 6.82. The number of hydrogen-bond acceptors (Lipinski definition) is 5. The zero-order valence-corrected chi connectivity index (χ0v) is 21.3. The molecule has 1 amide bonds. The first-order chi connectivity index (χ1) is 16.0. The van der Waals surface area contributed by atoms with Gasteiger partial charge in [-0.25, -0.2) is 0 Å². The van der Waals surface area contributed by atoms with Gasteiger partial charge in [-0.1, -0.05) is 117 Å². The van der Waals surface area contributed by atoms with E-state index in [0.717, 1.165) is 19.3 Å². The Balaban J connectivity index is 1.96. The minimum Gasteiger partial charge on any atom is -0.461 e. The maximum absolute atomic E-state index is 12.2. The van der Waals surface area contributed by atoms with Gasteiger partial charge >= 0.3 is 11.9 Å². The summed E-state index contributed by atoms with van der Waals surface area (Å²) in [5.41, 5.74) is 5.41. The zero-order valence-electron chi connectivity index (χ0n) is 21.3. The van der Waals surface area contributed by atoms with E-state index in [9.17, 15) is 14.4 Å². The molecule has 2 N–H and O–H groups in total. The van der Waals surface area contributed by atoms with E-state index >= 15 is 0 Å². The smallest absolute Gasteiger partial charge is 0.318 e. The molecular formula is C27H49NO5. The molecule has 0 aliphatic carbocycles. The Morgan fingerprint density at radius 3 is 1.67 bits per heavy atom. The summed E-state index contributed by atoms with van der Waals surface area (Å²) in [5.74, 6) is -2.62. The van der Waals surface area contributed by atoms with Crippen LogP contribution in [0.4, 0.5) is 0 Å². The maximum atomic E-state index is 12.2. The highest BCUT2D eigenvalue weighted by atomic mass is 16.6. The second kappa shape index (κ2) is 18.8. The van der Waals surface area contributed by atoms with Crippen LogP contribution in [-0.2, 0) is 23.9 Å². The molecule has 1 rings (SSSR count). The summed E-state index contributed by atoms with van der Waals surface area (Å²) >= 11 is 0. The Morgan fingerprint density at radius 1 is 0.818 bits per heavy atom. The summed E-state index contributed by atoms with van der Waals surface area (Å²) in [6.07, 6.45) is 21.1. The van der Waals surface area contributed by atoms with Gasteiger partial charge in [0.1, 0.15) is 18.6 Å². The molecule has 192 valence electrons. The van der Waals surface area contributed by atoms with Gasteiger partial charge in [0.25, 0.3) is 0 Å². The first kappa shape index (κ1) is 29.4. The fourth-order valence-corrected chi connectivity index (χ4v) is 4.52. The van der Waals surface area contributed by atoms with E-state index in [-0.39, 0.29) is 18.5 Å². The third-order valence-electron chi connectivity index (χ3n) is 6.82. The summed E-state index contributed by atoms with van der Waals surface area (Å²) in [6.45, 7) is 4.16. The van der Waals surface area contributed by atoms with Crippen LogP contribution in [0.25, 0.3) is 0 Å². The highest BCUT2D eigenvalue weighted by Crippen LogP contribution is 2.26. The molecule has 33 heavy (non-hydrogen) atoms. The largest absolute Gasteiger partial charge is 0.461 e. The Labute approximate surface area is 201 Å². The van der Waals surface area contributed by atoms with Crippen LogP contribution < -0.4 is 5.73 Å². The van der Waals surface area contributed by atoms with Gasteiger partial charge in [0, 0.05) is 0 Å². The standard InChI is InChI=1S/C27H49NO5/c1-3-5-6-7-8-9-10-11-12-13-14-15-16-17-18-19-20-23(25(28)29)26(30)32-21-24-22(4-2)27(31)33-24/h22-24H,3-21H2,1-2H3,(H2,28,29)/t22-,23-,24+/m0/s1. The average Bonchev–Trinajstić information content (AvgIpc) is 2.78. The lowest BCUT2D eigenvalue weighted by molar-refractivity contribution is -0.194. The number of unbranched alkanes of at least 4 members (excludes halogenated alkanes) is 15. The fraction of sp³-hybridized carbons (Fsp3) is 0.889. The molecule has 0 aromatic carbocycles. The molecule has 3 atom stereocenters. The number of rotatable bonds is 22. The second-order valence-corrected chi connectivity index (χ2v) is 9.67. The van der Waals surface area contributed by atoms with Crippen LogP contribution in [0.15, 0.2) is 0 Å². The number of esters is 2. The third kappa shape index (κ3) is 13.0. The maximum Gasteiger partial charge on any atom is 0.318 e. The molecular weight excluding hydrogens is 418 g/mol. The lowest BCUT2D eigenvalue weighted by Gasteiger charge is -2.34. The number of primary amides is 1. The van der Waals surface area contributed by atoms with Crippen LogP contribution in [0.2, 0.25) is 0 Å². The molecule has 0 saturated carbocycles. The molecule has 1 heterocycles. The van der Waals surface area contributed by atoms with Gasteiger partial charge in [-0.05, 0) is 12.8 Å².